The highest BCUT2D eigenvalue weighted by Crippen LogP contribution is 2.24. The Morgan fingerprint density at radius 1 is 1.00 bits per heavy atom. The van der Waals surface area contributed by atoms with Crippen LogP contribution >= 0.6 is 0 Å². The first-order valence-electron chi connectivity index (χ1n) is 9.33. The van der Waals surface area contributed by atoms with Crippen molar-refractivity contribution in [1.82, 2.24) is 9.47 Å². The van der Waals surface area contributed by atoms with Gasteiger partial charge in [0, 0.05) is 29.3 Å². The quantitative estimate of drug-likeness (QED) is 0.693. The summed E-state index contributed by atoms with van der Waals surface area (Å²) in [6, 6.07) is 12.8. The first-order chi connectivity index (χ1) is 13.5. The molecule has 1 N–H and O–H groups in total. The van der Waals surface area contributed by atoms with Crippen LogP contribution in [-0.4, -0.2) is 33.7 Å². The fourth-order valence-electron chi connectivity index (χ4n) is 3.61. The van der Waals surface area contributed by atoms with Crippen molar-refractivity contribution in [2.75, 3.05) is 11.9 Å². The van der Waals surface area contributed by atoms with Crippen LogP contribution in [0, 0.1) is 6.92 Å². The number of carbonyl (C=O) groups is 3. The summed E-state index contributed by atoms with van der Waals surface area (Å²) in [5.41, 5.74) is 3.35. The molecule has 0 atom stereocenters. The Morgan fingerprint density at radius 3 is 2.57 bits per heavy atom. The maximum absolute atomic E-state index is 12.5. The molecular formula is C22H21N3O3. The maximum Gasteiger partial charge on any atom is 0.262 e. The zero-order chi connectivity index (χ0) is 19.8. The molecule has 0 spiro atoms. The lowest BCUT2D eigenvalue weighted by Gasteiger charge is -2.14. The van der Waals surface area contributed by atoms with Crippen LogP contribution in [-0.2, 0) is 11.3 Å². The van der Waals surface area contributed by atoms with Crippen molar-refractivity contribution in [2.45, 2.75) is 26.8 Å². The van der Waals surface area contributed by atoms with Gasteiger partial charge in [-0.3, -0.25) is 19.3 Å². The van der Waals surface area contributed by atoms with Gasteiger partial charge in [-0.1, -0.05) is 18.6 Å². The highest BCUT2D eigenvalue weighted by Gasteiger charge is 2.36. The molecule has 3 aromatic rings. The average Bonchev–Trinajstić information content (AvgIpc) is 3.16. The molecule has 0 fully saturated rings. The van der Waals surface area contributed by atoms with Crippen LogP contribution in [0.2, 0.25) is 0 Å². The lowest BCUT2D eigenvalue weighted by atomic mass is 10.1. The van der Waals surface area contributed by atoms with E-state index in [9.17, 15) is 14.4 Å². The maximum atomic E-state index is 12.5. The van der Waals surface area contributed by atoms with E-state index in [0.29, 0.717) is 16.8 Å². The van der Waals surface area contributed by atoms with Gasteiger partial charge >= 0.3 is 0 Å². The molecule has 0 saturated carbocycles. The zero-order valence-electron chi connectivity index (χ0n) is 15.9. The number of carbonyl (C=O) groups excluding carboxylic acids is 3. The number of fused-ring (bicyclic) bond motifs is 2. The van der Waals surface area contributed by atoms with E-state index in [1.54, 1.807) is 18.2 Å². The van der Waals surface area contributed by atoms with Crippen molar-refractivity contribution in [1.29, 1.82) is 0 Å². The Kier molecular flexibility index (Phi) is 4.47. The smallest absolute Gasteiger partial charge is 0.262 e. The first-order valence-corrected chi connectivity index (χ1v) is 9.33. The first kappa shape index (κ1) is 18.0. The summed E-state index contributed by atoms with van der Waals surface area (Å²) in [6.07, 6.45) is 3.07. The molecule has 6 heteroatoms. The summed E-state index contributed by atoms with van der Waals surface area (Å²) < 4.78 is 2.17. The van der Waals surface area contributed by atoms with Gasteiger partial charge in [0.2, 0.25) is 5.91 Å². The minimum Gasteiger partial charge on any atom is -0.347 e. The molecule has 1 aliphatic rings. The second-order valence-electron chi connectivity index (χ2n) is 7.08. The molecule has 1 aliphatic heterocycles. The van der Waals surface area contributed by atoms with Crippen molar-refractivity contribution < 1.29 is 14.4 Å². The van der Waals surface area contributed by atoms with E-state index in [1.165, 1.54) is 0 Å². The summed E-state index contributed by atoms with van der Waals surface area (Å²) in [4.78, 5) is 38.4. The minimum atomic E-state index is -0.428. The number of amides is 3. The van der Waals surface area contributed by atoms with Crippen molar-refractivity contribution in [3.8, 4) is 0 Å². The van der Waals surface area contributed by atoms with Crippen molar-refractivity contribution in [3.63, 3.8) is 0 Å². The Balaban J connectivity index is 1.48. The molecule has 6 nitrogen and oxygen atoms in total. The fourth-order valence-corrected chi connectivity index (χ4v) is 3.61. The second-order valence-corrected chi connectivity index (χ2v) is 7.08. The summed E-state index contributed by atoms with van der Waals surface area (Å²) in [5, 5.41) is 3.82. The standard InChI is InChI=1S/C22H21N3O3/c1-3-9-24-10-8-15-12-16(5-7-19(15)24)23-20(26)13-25-21(27)17-6-4-14(2)11-18(17)22(25)28/h4-8,10-12H,3,9,13H2,1-2H3,(H,23,26). The van der Waals surface area contributed by atoms with Crippen molar-refractivity contribution in [3.05, 3.63) is 65.4 Å². The molecule has 0 saturated heterocycles. The van der Waals surface area contributed by atoms with Crippen LogP contribution in [0.1, 0.15) is 39.6 Å². The normalized spacial score (nSPS) is 13.3. The molecule has 4 rings (SSSR count). The molecule has 2 aromatic carbocycles. The van der Waals surface area contributed by atoms with Crippen LogP contribution < -0.4 is 5.32 Å². The van der Waals surface area contributed by atoms with Crippen LogP contribution in [0.3, 0.4) is 0 Å². The largest absolute Gasteiger partial charge is 0.347 e. The van der Waals surface area contributed by atoms with Gasteiger partial charge in [-0.05, 0) is 49.7 Å². The third-order valence-electron chi connectivity index (χ3n) is 4.95. The van der Waals surface area contributed by atoms with E-state index in [4.69, 9.17) is 0 Å². The minimum absolute atomic E-state index is 0.305. The van der Waals surface area contributed by atoms with Gasteiger partial charge in [0.15, 0.2) is 0 Å². The van der Waals surface area contributed by atoms with E-state index in [1.807, 2.05) is 37.4 Å². The van der Waals surface area contributed by atoms with Gasteiger partial charge in [0.05, 0.1) is 11.1 Å². The number of benzene rings is 2. The topological polar surface area (TPSA) is 71.4 Å². The number of imide groups is 1. The Morgan fingerprint density at radius 2 is 1.79 bits per heavy atom. The van der Waals surface area contributed by atoms with Gasteiger partial charge < -0.3 is 9.88 Å². The number of aryl methyl sites for hydroxylation is 2. The van der Waals surface area contributed by atoms with E-state index in [0.717, 1.165) is 34.3 Å². The monoisotopic (exact) mass is 375 g/mol. The van der Waals surface area contributed by atoms with E-state index in [2.05, 4.69) is 16.8 Å². The lowest BCUT2D eigenvalue weighted by molar-refractivity contribution is -0.116. The van der Waals surface area contributed by atoms with Gasteiger partial charge in [-0.25, -0.2) is 0 Å². The van der Waals surface area contributed by atoms with Crippen molar-refractivity contribution >= 4 is 34.3 Å². The van der Waals surface area contributed by atoms with E-state index < -0.39 is 17.7 Å². The number of nitrogens with one attached hydrogen (secondary N) is 1. The molecule has 142 valence electrons. The predicted octanol–water partition coefficient (Wildman–Crippen LogP) is 3.59. The Labute approximate surface area is 162 Å². The zero-order valence-corrected chi connectivity index (χ0v) is 15.9. The van der Waals surface area contributed by atoms with E-state index in [-0.39, 0.29) is 6.54 Å². The molecule has 0 unspecified atom stereocenters. The molecule has 0 bridgehead atoms. The highest BCUT2D eigenvalue weighted by molar-refractivity contribution is 6.22. The molecule has 1 aromatic heterocycles. The number of hydrogen-bond acceptors (Lipinski definition) is 3. The molecule has 0 radical (unpaired) electrons. The fraction of sp³-hybridized carbons (Fsp3) is 0.227. The summed E-state index contributed by atoms with van der Waals surface area (Å²) in [7, 11) is 0. The van der Waals surface area contributed by atoms with Crippen LogP contribution in [0.25, 0.3) is 10.9 Å². The number of aromatic nitrogens is 1. The summed E-state index contributed by atoms with van der Waals surface area (Å²) >= 11 is 0. The third kappa shape index (κ3) is 3.07. The van der Waals surface area contributed by atoms with Gasteiger partial charge in [-0.15, -0.1) is 0 Å². The molecule has 2 heterocycles. The molecule has 3 amide bonds. The number of nitrogens with zero attached hydrogens (tertiary/aromatic N) is 2. The van der Waals surface area contributed by atoms with Gasteiger partial charge in [-0.2, -0.15) is 0 Å². The predicted molar refractivity (Wildman–Crippen MR) is 107 cm³/mol. The number of hydrogen-bond donors (Lipinski definition) is 1. The number of rotatable bonds is 5. The molecule has 0 aliphatic carbocycles. The highest BCUT2D eigenvalue weighted by atomic mass is 16.2. The molecular weight excluding hydrogens is 354 g/mol. The molecule has 28 heavy (non-hydrogen) atoms. The average molecular weight is 375 g/mol. The third-order valence-corrected chi connectivity index (χ3v) is 4.95. The summed E-state index contributed by atoms with van der Waals surface area (Å²) in [6.45, 7) is 4.62. The summed E-state index contributed by atoms with van der Waals surface area (Å²) in [5.74, 6) is -1.26. The van der Waals surface area contributed by atoms with Gasteiger partial charge in [0.1, 0.15) is 6.54 Å². The van der Waals surface area contributed by atoms with Crippen molar-refractivity contribution in [2.24, 2.45) is 0 Å². The van der Waals surface area contributed by atoms with Crippen LogP contribution in [0.5, 0.6) is 0 Å². The van der Waals surface area contributed by atoms with Crippen LogP contribution in [0.4, 0.5) is 5.69 Å². The lowest BCUT2D eigenvalue weighted by Crippen LogP contribution is -2.37. The SMILES string of the molecule is CCCn1ccc2cc(NC(=O)CN3C(=O)c4ccc(C)cc4C3=O)ccc21. The van der Waals surface area contributed by atoms with E-state index >= 15 is 0 Å². The Hall–Kier alpha value is -3.41. The Bertz CT molecular complexity index is 1110. The van der Waals surface area contributed by atoms with Crippen LogP contribution in [0.15, 0.2) is 48.7 Å². The number of anilines is 1. The second kappa shape index (κ2) is 6.96. The van der Waals surface area contributed by atoms with Gasteiger partial charge in [0.25, 0.3) is 11.8 Å².